The standard InChI is InChI=1S/C6H13NO3.Sn.H/c1-3-5-7(6-4-2)9-10-8;;/h8H,1-6H2;;/q;+1;/p-1. The fraction of sp³-hybridized carbons (Fsp3) is 1.00. The summed E-state index contributed by atoms with van der Waals surface area (Å²) in [7, 11) is 0. The van der Waals surface area contributed by atoms with Crippen molar-refractivity contribution in [2.24, 2.45) is 0 Å². The van der Waals surface area contributed by atoms with Crippen molar-refractivity contribution in [3.05, 3.63) is 0 Å². The molecule has 3 heterocycles. The van der Waals surface area contributed by atoms with E-state index in [0.717, 1.165) is 13.1 Å². The van der Waals surface area contributed by atoms with Crippen molar-refractivity contribution in [2.45, 2.75) is 21.7 Å². The average Bonchev–Trinajstić information content (AvgIpc) is 1.80. The molecule has 0 saturated carbocycles. The number of hydrogen-bond acceptors (Lipinski definition) is 4. The van der Waals surface area contributed by atoms with Gasteiger partial charge in [-0.2, -0.15) is 0 Å². The summed E-state index contributed by atoms with van der Waals surface area (Å²) in [5.74, 6) is 0. The summed E-state index contributed by atoms with van der Waals surface area (Å²) in [5.41, 5.74) is 0. The Morgan fingerprint density at radius 3 is 2.55 bits per heavy atom. The third-order valence-corrected chi connectivity index (χ3v) is 9.19. The van der Waals surface area contributed by atoms with Gasteiger partial charge in [-0.1, -0.05) is 0 Å². The van der Waals surface area contributed by atoms with Crippen LogP contribution in [0.1, 0.15) is 12.8 Å². The topological polar surface area (TPSA) is 30.9 Å². The third-order valence-electron chi connectivity index (χ3n) is 2.18. The summed E-state index contributed by atoms with van der Waals surface area (Å²) < 4.78 is 7.79. The Morgan fingerprint density at radius 1 is 1.09 bits per heavy atom. The van der Waals surface area contributed by atoms with E-state index in [1.807, 2.05) is 5.06 Å². The van der Waals surface area contributed by atoms with E-state index in [1.165, 1.54) is 21.7 Å². The molecule has 2 bridgehead atoms. The molecule has 5 heteroatoms. The summed E-state index contributed by atoms with van der Waals surface area (Å²) in [4.78, 5) is 4.92. The number of rotatable bonds is 0. The predicted octanol–water partition coefficient (Wildman–Crippen LogP) is 0.614. The molecular weight excluding hydrogens is 253 g/mol. The molecule has 11 heavy (non-hydrogen) atoms. The molecule has 4 nitrogen and oxygen atoms in total. The van der Waals surface area contributed by atoms with Gasteiger partial charge in [0.2, 0.25) is 0 Å². The van der Waals surface area contributed by atoms with Crippen LogP contribution in [0.3, 0.4) is 0 Å². The van der Waals surface area contributed by atoms with Crippen LogP contribution in [0.5, 0.6) is 0 Å². The second-order valence-electron chi connectivity index (χ2n) is 3.07. The molecule has 0 spiro atoms. The summed E-state index contributed by atoms with van der Waals surface area (Å²) in [6, 6.07) is 0. The van der Waals surface area contributed by atoms with Crippen LogP contribution >= 0.6 is 0 Å². The minimum absolute atomic E-state index is 1.01. The van der Waals surface area contributed by atoms with Crippen LogP contribution in [0.25, 0.3) is 0 Å². The van der Waals surface area contributed by atoms with Crippen molar-refractivity contribution in [1.82, 2.24) is 5.06 Å². The van der Waals surface area contributed by atoms with E-state index < -0.39 is 20.2 Å². The van der Waals surface area contributed by atoms with E-state index in [1.54, 1.807) is 0 Å². The molecule has 0 aromatic rings. The Balaban J connectivity index is 1.96. The fourth-order valence-electron chi connectivity index (χ4n) is 1.53. The van der Waals surface area contributed by atoms with Gasteiger partial charge in [0.1, 0.15) is 0 Å². The first kappa shape index (κ1) is 8.25. The molecule has 0 aromatic heterocycles. The van der Waals surface area contributed by atoms with E-state index in [2.05, 4.69) is 5.04 Å². The van der Waals surface area contributed by atoms with Crippen molar-refractivity contribution in [2.75, 3.05) is 13.1 Å². The van der Waals surface area contributed by atoms with E-state index in [4.69, 9.17) is 8.21 Å². The van der Waals surface area contributed by atoms with E-state index in [-0.39, 0.29) is 0 Å². The number of hydroxylamine groups is 2. The van der Waals surface area contributed by atoms with Gasteiger partial charge in [-0.25, -0.2) is 0 Å². The average molecular weight is 266 g/mol. The molecule has 3 rings (SSSR count). The molecule has 3 saturated heterocycles. The molecule has 3 fully saturated rings. The molecule has 0 radical (unpaired) electrons. The molecule has 0 aromatic carbocycles. The summed E-state index contributed by atoms with van der Waals surface area (Å²) >= 11 is -1.69. The fourth-order valence-corrected chi connectivity index (χ4v) is 6.97. The zero-order valence-corrected chi connectivity index (χ0v) is 9.79. The first-order chi connectivity index (χ1) is 5.45. The molecule has 3 aliphatic heterocycles. The minimum atomic E-state index is -1.69. The van der Waals surface area contributed by atoms with Gasteiger partial charge in [-0.15, -0.1) is 0 Å². The summed E-state index contributed by atoms with van der Waals surface area (Å²) in [5, 5.41) is 6.51. The third kappa shape index (κ3) is 2.29. The van der Waals surface area contributed by atoms with E-state index in [0.29, 0.717) is 0 Å². The van der Waals surface area contributed by atoms with Gasteiger partial charge in [-0.3, -0.25) is 0 Å². The molecule has 0 atom stereocenters. The second-order valence-corrected chi connectivity index (χ2v) is 10.5. The van der Waals surface area contributed by atoms with E-state index >= 15 is 0 Å². The summed E-state index contributed by atoms with van der Waals surface area (Å²) in [6.07, 6.45) is 2.45. The Hall–Kier alpha value is 0.639. The van der Waals surface area contributed by atoms with Crippen LogP contribution < -0.4 is 0 Å². The van der Waals surface area contributed by atoms with Crippen LogP contribution in [-0.4, -0.2) is 38.3 Å². The summed E-state index contributed by atoms with van der Waals surface area (Å²) in [6.45, 7) is 2.02. The SMILES string of the molecule is C1CN2CC[CH2][SnH]([CH2]1)[O]OO2. The van der Waals surface area contributed by atoms with Crippen molar-refractivity contribution >= 4 is 20.2 Å². The Kier molecular flexibility index (Phi) is 3.03. The second kappa shape index (κ2) is 4.04. The van der Waals surface area contributed by atoms with Crippen molar-refractivity contribution < 1.29 is 13.3 Å². The number of nitrogens with zero attached hydrogens (tertiary/aromatic N) is 1. The van der Waals surface area contributed by atoms with Crippen LogP contribution in [0.4, 0.5) is 0 Å². The van der Waals surface area contributed by atoms with Gasteiger partial charge in [0.15, 0.2) is 0 Å². The van der Waals surface area contributed by atoms with Crippen molar-refractivity contribution in [3.8, 4) is 0 Å². The van der Waals surface area contributed by atoms with Gasteiger partial charge in [-0.05, 0) is 0 Å². The zero-order chi connectivity index (χ0) is 7.52. The van der Waals surface area contributed by atoms with Gasteiger partial charge in [0, 0.05) is 0 Å². The van der Waals surface area contributed by atoms with Gasteiger partial charge < -0.3 is 0 Å². The van der Waals surface area contributed by atoms with Crippen LogP contribution in [0.15, 0.2) is 0 Å². The first-order valence-electron chi connectivity index (χ1n) is 4.20. The van der Waals surface area contributed by atoms with Gasteiger partial charge in [0.05, 0.1) is 0 Å². The molecular formula is C6H13NO3Sn. The van der Waals surface area contributed by atoms with Gasteiger partial charge in [0.25, 0.3) is 0 Å². The maximum absolute atomic E-state index is 5.20. The van der Waals surface area contributed by atoms with Crippen LogP contribution in [0.2, 0.25) is 8.87 Å². The first-order valence-corrected chi connectivity index (χ1v) is 10.2. The number of hydrogen-bond donors (Lipinski definition) is 0. The van der Waals surface area contributed by atoms with Gasteiger partial charge >= 0.3 is 73.3 Å². The molecule has 0 N–H and O–H groups in total. The molecule has 64 valence electrons. The molecule has 0 aliphatic carbocycles. The Morgan fingerprint density at radius 2 is 1.82 bits per heavy atom. The molecule has 0 unspecified atom stereocenters. The molecule has 3 aliphatic rings. The van der Waals surface area contributed by atoms with Crippen molar-refractivity contribution in [1.29, 1.82) is 0 Å². The van der Waals surface area contributed by atoms with E-state index in [9.17, 15) is 0 Å². The monoisotopic (exact) mass is 267 g/mol. The Labute approximate surface area is 73.5 Å². The van der Waals surface area contributed by atoms with Crippen molar-refractivity contribution in [3.63, 3.8) is 0 Å². The Bertz CT molecular complexity index is 99.2. The number of fused-ring (bicyclic) bond motifs is 6. The maximum atomic E-state index is 5.20. The van der Waals surface area contributed by atoms with Crippen LogP contribution in [-0.2, 0) is 13.3 Å². The predicted molar refractivity (Wildman–Crippen MR) is 40.8 cm³/mol. The quantitative estimate of drug-likeness (QED) is 0.475. The van der Waals surface area contributed by atoms with Crippen LogP contribution in [0, 0.1) is 0 Å². The normalized spacial score (nSPS) is 39.3. The molecule has 0 amide bonds. The zero-order valence-electron chi connectivity index (χ0n) is 6.49.